The summed E-state index contributed by atoms with van der Waals surface area (Å²) in [6.45, 7) is 1.95. The van der Waals surface area contributed by atoms with Crippen molar-refractivity contribution in [3.05, 3.63) is 137 Å². The topological polar surface area (TPSA) is 57.8 Å². The number of carbonyl (C=O) groups excluding carboxylic acids is 1. The smallest absolute Gasteiger partial charge is 0.266 e. The maximum absolute atomic E-state index is 13.2. The zero-order chi connectivity index (χ0) is 26.5. The number of hydrogen-bond donors (Lipinski definition) is 1. The molecule has 4 nitrogen and oxygen atoms in total. The van der Waals surface area contributed by atoms with Gasteiger partial charge in [-0.1, -0.05) is 84.4 Å². The average molecular weight is 514 g/mol. The molecule has 0 aliphatic rings. The van der Waals surface area contributed by atoms with Gasteiger partial charge in [0.2, 0.25) is 0 Å². The van der Waals surface area contributed by atoms with Gasteiger partial charge in [-0.2, -0.15) is 5.26 Å². The molecule has 38 heavy (non-hydrogen) atoms. The molecule has 184 valence electrons. The Morgan fingerprint density at radius 1 is 0.842 bits per heavy atom. The molecule has 0 bridgehead atoms. The molecule has 0 aliphatic heterocycles. The van der Waals surface area contributed by atoms with Crippen LogP contribution in [0, 0.1) is 18.3 Å². The summed E-state index contributed by atoms with van der Waals surface area (Å²) in [7, 11) is 0. The molecule has 5 aromatic rings. The third-order valence-electron chi connectivity index (χ3n) is 6.17. The van der Waals surface area contributed by atoms with E-state index in [0.29, 0.717) is 10.7 Å². The van der Waals surface area contributed by atoms with Gasteiger partial charge in [0.05, 0.1) is 11.4 Å². The third kappa shape index (κ3) is 5.29. The Balaban J connectivity index is 1.72. The minimum absolute atomic E-state index is 0.0107. The van der Waals surface area contributed by atoms with Gasteiger partial charge in [0, 0.05) is 22.0 Å². The summed E-state index contributed by atoms with van der Waals surface area (Å²) in [6.07, 6.45) is 1.66. The number of benzene rings is 4. The van der Waals surface area contributed by atoms with Crippen molar-refractivity contribution in [2.24, 2.45) is 0 Å². The quantitative estimate of drug-likeness (QED) is 0.183. The number of nitrogens with zero attached hydrogens (tertiary/aromatic N) is 2. The second kappa shape index (κ2) is 11.0. The molecular weight excluding hydrogens is 490 g/mol. The summed E-state index contributed by atoms with van der Waals surface area (Å²) in [6, 6.07) is 39.2. The van der Waals surface area contributed by atoms with Crippen LogP contribution in [0.4, 0.5) is 5.69 Å². The average Bonchev–Trinajstić information content (AvgIpc) is 3.32. The zero-order valence-corrected chi connectivity index (χ0v) is 21.5. The van der Waals surface area contributed by atoms with Crippen LogP contribution in [0.3, 0.4) is 0 Å². The first kappa shape index (κ1) is 24.8. The van der Waals surface area contributed by atoms with Crippen molar-refractivity contribution in [2.75, 3.05) is 5.32 Å². The second-order valence-corrected chi connectivity index (χ2v) is 9.31. The van der Waals surface area contributed by atoms with Crippen LogP contribution in [0.25, 0.3) is 34.3 Å². The number of amides is 1. The summed E-state index contributed by atoms with van der Waals surface area (Å²) in [5, 5.41) is 13.5. The van der Waals surface area contributed by atoms with Crippen LogP contribution in [0.15, 0.2) is 121 Å². The summed E-state index contributed by atoms with van der Waals surface area (Å²) < 4.78 is 2.14. The van der Waals surface area contributed by atoms with Crippen molar-refractivity contribution < 1.29 is 4.79 Å². The van der Waals surface area contributed by atoms with Crippen LogP contribution >= 0.6 is 11.6 Å². The molecule has 1 N–H and O–H groups in total. The maximum atomic E-state index is 13.2. The Hall–Kier alpha value is -4.85. The highest BCUT2D eigenvalue weighted by Gasteiger charge is 2.20. The van der Waals surface area contributed by atoms with Crippen molar-refractivity contribution in [3.8, 4) is 34.3 Å². The Labute approximate surface area is 227 Å². The molecule has 0 spiro atoms. The number of aryl methyl sites for hydroxylation is 1. The van der Waals surface area contributed by atoms with Crippen molar-refractivity contribution in [2.45, 2.75) is 6.92 Å². The zero-order valence-electron chi connectivity index (χ0n) is 20.7. The molecule has 0 unspecified atom stereocenters. The SMILES string of the molecule is Cc1cccc(NC(=O)/C(C#N)=C/c2cc(-c3ccccc3)n(-c3ccc(Cl)cc3)c2-c2ccccc2)c1. The van der Waals surface area contributed by atoms with Crippen molar-refractivity contribution in [3.63, 3.8) is 0 Å². The number of aromatic nitrogens is 1. The first-order chi connectivity index (χ1) is 18.5. The standard InChI is InChI=1S/C33H24ClN3O/c1-23-9-8-14-29(19-23)36-33(38)27(22-35)20-26-21-31(24-10-4-2-5-11-24)37(30-17-15-28(34)16-18-30)32(26)25-12-6-3-7-13-25/h2-21H,1H3,(H,36,38)/b27-20+. The molecule has 0 fully saturated rings. The third-order valence-corrected chi connectivity index (χ3v) is 6.42. The largest absolute Gasteiger partial charge is 0.321 e. The van der Waals surface area contributed by atoms with Crippen LogP contribution in [0.2, 0.25) is 5.02 Å². The number of hydrogen-bond acceptors (Lipinski definition) is 2. The number of rotatable bonds is 6. The first-order valence-corrected chi connectivity index (χ1v) is 12.5. The van der Waals surface area contributed by atoms with Gasteiger partial charge >= 0.3 is 0 Å². The fraction of sp³-hybridized carbons (Fsp3) is 0.0303. The normalized spacial score (nSPS) is 11.1. The van der Waals surface area contributed by atoms with Crippen LogP contribution in [0.5, 0.6) is 0 Å². The van der Waals surface area contributed by atoms with Gasteiger partial charge in [-0.15, -0.1) is 0 Å². The van der Waals surface area contributed by atoms with Crippen molar-refractivity contribution >= 4 is 29.3 Å². The predicted octanol–water partition coefficient (Wildman–Crippen LogP) is 8.32. The Morgan fingerprint density at radius 2 is 1.50 bits per heavy atom. The predicted molar refractivity (Wildman–Crippen MR) is 155 cm³/mol. The maximum Gasteiger partial charge on any atom is 0.266 e. The number of carbonyl (C=O) groups is 1. The fourth-order valence-electron chi connectivity index (χ4n) is 4.44. The molecule has 5 heteroatoms. The summed E-state index contributed by atoms with van der Waals surface area (Å²) >= 11 is 6.22. The second-order valence-electron chi connectivity index (χ2n) is 8.87. The molecule has 5 rings (SSSR count). The number of anilines is 1. The molecule has 0 saturated carbocycles. The number of halogens is 1. The Morgan fingerprint density at radius 3 is 2.13 bits per heavy atom. The van der Waals surface area contributed by atoms with Crippen molar-refractivity contribution in [1.29, 1.82) is 5.26 Å². The van der Waals surface area contributed by atoms with Crippen molar-refractivity contribution in [1.82, 2.24) is 4.57 Å². The van der Waals surface area contributed by atoms with Gasteiger partial charge in [0.1, 0.15) is 11.6 Å². The van der Waals surface area contributed by atoms with E-state index in [1.54, 1.807) is 12.1 Å². The van der Waals surface area contributed by atoms with E-state index in [-0.39, 0.29) is 5.57 Å². The summed E-state index contributed by atoms with van der Waals surface area (Å²) in [5.74, 6) is -0.461. The lowest BCUT2D eigenvalue weighted by atomic mass is 10.0. The van der Waals surface area contributed by atoms with Gasteiger partial charge in [0.25, 0.3) is 5.91 Å². The van der Waals surface area contributed by atoms with E-state index in [4.69, 9.17) is 11.6 Å². The first-order valence-electron chi connectivity index (χ1n) is 12.2. The number of nitriles is 1. The van der Waals surface area contributed by atoms with E-state index >= 15 is 0 Å². The molecule has 0 aliphatic carbocycles. The van der Waals surface area contributed by atoms with Gasteiger partial charge in [-0.25, -0.2) is 0 Å². The van der Waals surface area contributed by atoms with Gasteiger partial charge in [-0.3, -0.25) is 4.79 Å². The molecular formula is C33H24ClN3O. The lowest BCUT2D eigenvalue weighted by Gasteiger charge is -2.15. The number of nitrogens with one attached hydrogen (secondary N) is 1. The highest BCUT2D eigenvalue weighted by Crippen LogP contribution is 2.37. The lowest BCUT2D eigenvalue weighted by molar-refractivity contribution is -0.112. The molecule has 4 aromatic carbocycles. The van der Waals surface area contributed by atoms with E-state index in [2.05, 4.69) is 16.0 Å². The van der Waals surface area contributed by atoms with Gasteiger partial charge in [0.15, 0.2) is 0 Å². The Bertz CT molecular complexity index is 1660. The van der Waals surface area contributed by atoms with E-state index in [0.717, 1.165) is 39.3 Å². The van der Waals surface area contributed by atoms with E-state index in [1.165, 1.54) is 0 Å². The monoisotopic (exact) mass is 513 g/mol. The molecule has 1 amide bonds. The lowest BCUT2D eigenvalue weighted by Crippen LogP contribution is -2.13. The van der Waals surface area contributed by atoms with E-state index in [9.17, 15) is 10.1 Å². The van der Waals surface area contributed by atoms with Gasteiger partial charge < -0.3 is 9.88 Å². The minimum atomic E-state index is -0.461. The van der Waals surface area contributed by atoms with Gasteiger partial charge in [-0.05, 0) is 72.2 Å². The van der Waals surface area contributed by atoms with Crippen LogP contribution < -0.4 is 5.32 Å². The molecule has 1 heterocycles. The van der Waals surface area contributed by atoms with E-state index < -0.39 is 5.91 Å². The van der Waals surface area contributed by atoms with Crippen LogP contribution in [-0.4, -0.2) is 10.5 Å². The minimum Gasteiger partial charge on any atom is -0.321 e. The van der Waals surface area contributed by atoms with Crippen LogP contribution in [0.1, 0.15) is 11.1 Å². The van der Waals surface area contributed by atoms with E-state index in [1.807, 2.05) is 116 Å². The molecule has 0 radical (unpaired) electrons. The molecule has 0 saturated heterocycles. The summed E-state index contributed by atoms with van der Waals surface area (Å²) in [5.41, 5.74) is 7.07. The highest BCUT2D eigenvalue weighted by atomic mass is 35.5. The van der Waals surface area contributed by atoms with Crippen LogP contribution in [-0.2, 0) is 4.79 Å². The highest BCUT2D eigenvalue weighted by molar-refractivity contribution is 6.30. The fourth-order valence-corrected chi connectivity index (χ4v) is 4.56. The molecule has 0 atom stereocenters. The Kier molecular flexibility index (Phi) is 7.21. The molecule has 1 aromatic heterocycles. The summed E-state index contributed by atoms with van der Waals surface area (Å²) in [4.78, 5) is 13.2.